The topological polar surface area (TPSA) is 55.6 Å². The molecule has 0 saturated carbocycles. The molecule has 5 nitrogen and oxygen atoms in total. The van der Waals surface area contributed by atoms with Gasteiger partial charge in [-0.3, -0.25) is 9.55 Å². The van der Waals surface area contributed by atoms with Crippen LogP contribution in [0, 0.1) is 5.82 Å². The Morgan fingerprint density at radius 1 is 1.14 bits per heavy atom. The molecule has 2 aromatic heterocycles. The molecule has 7 heteroatoms. The second-order valence-corrected chi connectivity index (χ2v) is 7.68. The lowest BCUT2D eigenvalue weighted by Gasteiger charge is -2.22. The van der Waals surface area contributed by atoms with Crippen LogP contribution in [0.4, 0.5) is 4.39 Å². The number of allylic oxidation sites excluding steroid dienone is 2. The maximum Gasteiger partial charge on any atom is 0.151 e. The van der Waals surface area contributed by atoms with Crippen LogP contribution in [-0.2, 0) is 13.1 Å². The summed E-state index contributed by atoms with van der Waals surface area (Å²) in [5.41, 5.74) is 4.05. The van der Waals surface area contributed by atoms with Crippen LogP contribution >= 0.6 is 11.6 Å². The van der Waals surface area contributed by atoms with E-state index in [2.05, 4.69) is 31.1 Å². The summed E-state index contributed by atoms with van der Waals surface area (Å²) in [5.74, 6) is 1.90. The predicted molar refractivity (Wildman–Crippen MR) is 106 cm³/mol. The summed E-state index contributed by atoms with van der Waals surface area (Å²) in [7, 11) is 0. The van der Waals surface area contributed by atoms with Crippen molar-refractivity contribution in [3.63, 3.8) is 0 Å². The molecule has 0 saturated heterocycles. The van der Waals surface area contributed by atoms with Crippen LogP contribution in [0.5, 0.6) is 0 Å². The summed E-state index contributed by atoms with van der Waals surface area (Å²) in [5, 5.41) is 13.1. The van der Waals surface area contributed by atoms with Crippen LogP contribution in [0.2, 0.25) is 5.02 Å². The number of fused-ring (bicyclic) bond motifs is 3. The van der Waals surface area contributed by atoms with Crippen molar-refractivity contribution in [2.45, 2.75) is 38.3 Å². The molecular weight excluding hydrogens is 377 g/mol. The van der Waals surface area contributed by atoms with Gasteiger partial charge in [-0.1, -0.05) is 17.7 Å². The number of benzene rings is 1. The van der Waals surface area contributed by atoms with Gasteiger partial charge in [-0.05, 0) is 60.7 Å². The maximum atomic E-state index is 13.5. The fourth-order valence-corrected chi connectivity index (χ4v) is 4.27. The Morgan fingerprint density at radius 2 is 2.07 bits per heavy atom. The Bertz CT molecular complexity index is 1070. The van der Waals surface area contributed by atoms with Gasteiger partial charge >= 0.3 is 0 Å². The third kappa shape index (κ3) is 3.12. The molecular formula is C21H19ClFN5. The van der Waals surface area contributed by atoms with E-state index in [0.717, 1.165) is 65.0 Å². The molecule has 2 aliphatic rings. The van der Waals surface area contributed by atoms with Crippen molar-refractivity contribution in [1.82, 2.24) is 25.1 Å². The largest absolute Gasteiger partial charge is 0.306 e. The molecule has 3 heterocycles. The molecule has 0 spiro atoms. The van der Waals surface area contributed by atoms with Gasteiger partial charge in [0.15, 0.2) is 5.82 Å². The highest BCUT2D eigenvalue weighted by Crippen LogP contribution is 2.37. The molecule has 1 atom stereocenters. The van der Waals surface area contributed by atoms with Crippen molar-refractivity contribution in [2.24, 2.45) is 0 Å². The van der Waals surface area contributed by atoms with Crippen LogP contribution < -0.4 is 5.32 Å². The van der Waals surface area contributed by atoms with Crippen molar-refractivity contribution in [3.8, 4) is 5.69 Å². The third-order valence-electron chi connectivity index (χ3n) is 5.46. The Kier molecular flexibility index (Phi) is 4.45. The molecule has 28 heavy (non-hydrogen) atoms. The van der Waals surface area contributed by atoms with Gasteiger partial charge in [0.2, 0.25) is 0 Å². The van der Waals surface area contributed by atoms with Gasteiger partial charge in [0.1, 0.15) is 11.6 Å². The minimum Gasteiger partial charge on any atom is -0.306 e. The fourth-order valence-electron chi connectivity index (χ4n) is 4.08. The normalized spacial score (nSPS) is 18.8. The standard InChI is InChI=1S/C21H19ClFN5/c22-16-5-6-19-15(9-16)11-24-12-20-26-27-21(28(19)20)14-3-1-13(2-4-14)18-10-17(23)7-8-25-18/h1,5-10,14,24H,2-4,11-12H2. The lowest BCUT2D eigenvalue weighted by Crippen LogP contribution is -2.13. The van der Waals surface area contributed by atoms with Crippen LogP contribution in [0.1, 0.15) is 48.1 Å². The summed E-state index contributed by atoms with van der Waals surface area (Å²) in [6.45, 7) is 1.42. The van der Waals surface area contributed by atoms with E-state index in [1.165, 1.54) is 18.3 Å². The zero-order chi connectivity index (χ0) is 19.1. The lowest BCUT2D eigenvalue weighted by molar-refractivity contribution is 0.575. The number of nitrogens with one attached hydrogen (secondary N) is 1. The summed E-state index contributed by atoms with van der Waals surface area (Å²) in [6, 6.07) is 8.83. The van der Waals surface area contributed by atoms with Crippen molar-refractivity contribution >= 4 is 17.2 Å². The second kappa shape index (κ2) is 7.11. The summed E-state index contributed by atoms with van der Waals surface area (Å²) in [6.07, 6.45) is 6.29. The minimum atomic E-state index is -0.251. The van der Waals surface area contributed by atoms with Gasteiger partial charge in [0.05, 0.1) is 17.9 Å². The summed E-state index contributed by atoms with van der Waals surface area (Å²) >= 11 is 6.20. The number of aromatic nitrogens is 4. The van der Waals surface area contributed by atoms with E-state index in [4.69, 9.17) is 11.6 Å². The van der Waals surface area contributed by atoms with E-state index < -0.39 is 0 Å². The fraction of sp³-hybridized carbons (Fsp3) is 0.286. The molecule has 1 aromatic carbocycles. The van der Waals surface area contributed by atoms with Gasteiger partial charge in [0.25, 0.3) is 0 Å². The Hall–Kier alpha value is -2.57. The van der Waals surface area contributed by atoms with E-state index in [1.807, 2.05) is 18.2 Å². The number of pyridine rings is 1. The predicted octanol–water partition coefficient (Wildman–Crippen LogP) is 4.41. The van der Waals surface area contributed by atoms with Gasteiger partial charge < -0.3 is 5.32 Å². The molecule has 0 amide bonds. The van der Waals surface area contributed by atoms with Crippen LogP contribution in [0.3, 0.4) is 0 Å². The SMILES string of the molecule is Fc1ccnc(C2=CCC(c3nnc4n3-c3ccc(Cl)cc3CNC4)CC2)c1. The minimum absolute atomic E-state index is 0.251. The van der Waals surface area contributed by atoms with Crippen molar-refractivity contribution in [3.05, 3.63) is 76.4 Å². The van der Waals surface area contributed by atoms with Gasteiger partial charge in [-0.2, -0.15) is 0 Å². The average Bonchev–Trinajstić information content (AvgIpc) is 3.04. The maximum absolute atomic E-state index is 13.5. The summed E-state index contributed by atoms with van der Waals surface area (Å²) in [4.78, 5) is 4.31. The first kappa shape index (κ1) is 17.5. The number of nitrogens with zero attached hydrogens (tertiary/aromatic N) is 4. The molecule has 1 aliphatic heterocycles. The Morgan fingerprint density at radius 3 is 2.89 bits per heavy atom. The molecule has 0 radical (unpaired) electrons. The highest BCUT2D eigenvalue weighted by Gasteiger charge is 2.27. The van der Waals surface area contributed by atoms with E-state index in [9.17, 15) is 4.39 Å². The van der Waals surface area contributed by atoms with Gasteiger partial charge in [-0.25, -0.2) is 4.39 Å². The third-order valence-corrected chi connectivity index (χ3v) is 5.70. The molecule has 3 aromatic rings. The zero-order valence-electron chi connectivity index (χ0n) is 15.2. The number of hydrogen-bond acceptors (Lipinski definition) is 4. The first-order valence-electron chi connectivity index (χ1n) is 9.44. The Labute approximate surface area is 167 Å². The van der Waals surface area contributed by atoms with Gasteiger partial charge in [-0.15, -0.1) is 10.2 Å². The highest BCUT2D eigenvalue weighted by atomic mass is 35.5. The summed E-state index contributed by atoms with van der Waals surface area (Å²) < 4.78 is 15.7. The van der Waals surface area contributed by atoms with Crippen molar-refractivity contribution < 1.29 is 4.39 Å². The molecule has 0 fully saturated rings. The molecule has 1 unspecified atom stereocenters. The smallest absolute Gasteiger partial charge is 0.151 e. The van der Waals surface area contributed by atoms with Crippen LogP contribution in [0.25, 0.3) is 11.3 Å². The quantitative estimate of drug-likeness (QED) is 0.698. The number of rotatable bonds is 2. The second-order valence-electron chi connectivity index (χ2n) is 7.25. The number of halogens is 2. The molecule has 1 aliphatic carbocycles. The monoisotopic (exact) mass is 395 g/mol. The first-order chi connectivity index (χ1) is 13.7. The van der Waals surface area contributed by atoms with Crippen molar-refractivity contribution in [1.29, 1.82) is 0 Å². The van der Waals surface area contributed by atoms with E-state index in [-0.39, 0.29) is 11.7 Å². The molecule has 142 valence electrons. The molecule has 0 bridgehead atoms. The van der Waals surface area contributed by atoms with Gasteiger partial charge in [0, 0.05) is 23.7 Å². The highest BCUT2D eigenvalue weighted by molar-refractivity contribution is 6.30. The number of hydrogen-bond donors (Lipinski definition) is 1. The zero-order valence-corrected chi connectivity index (χ0v) is 16.0. The lowest BCUT2D eigenvalue weighted by atomic mass is 9.87. The van der Waals surface area contributed by atoms with Crippen LogP contribution in [0.15, 0.2) is 42.6 Å². The first-order valence-corrected chi connectivity index (χ1v) is 9.81. The average molecular weight is 396 g/mol. The van der Waals surface area contributed by atoms with Crippen LogP contribution in [-0.4, -0.2) is 19.7 Å². The van der Waals surface area contributed by atoms with E-state index >= 15 is 0 Å². The molecule has 5 rings (SSSR count). The van der Waals surface area contributed by atoms with E-state index in [1.54, 1.807) is 0 Å². The Balaban J connectivity index is 1.48. The van der Waals surface area contributed by atoms with E-state index in [0.29, 0.717) is 6.54 Å². The van der Waals surface area contributed by atoms with Crippen molar-refractivity contribution in [2.75, 3.05) is 0 Å². The molecule has 1 N–H and O–H groups in total.